The molecule has 0 saturated carbocycles. The van der Waals surface area contributed by atoms with Crippen molar-refractivity contribution in [3.05, 3.63) is 39.9 Å². The Morgan fingerprint density at radius 3 is 2.74 bits per heavy atom. The molecule has 0 bridgehead atoms. The standard InChI is InChI=1S/C16H20ClN5S/c1-9(2)15-20-14(23-21-15)8-22(4)10(3)16-18-12-6-5-11(17)7-13(12)19-16/h5-7,9-10H,8H2,1-4H3,(H,18,19). The first kappa shape index (κ1) is 16.4. The molecule has 2 aromatic heterocycles. The lowest BCUT2D eigenvalue weighted by Crippen LogP contribution is -2.22. The molecule has 7 heteroatoms. The highest BCUT2D eigenvalue weighted by Crippen LogP contribution is 2.24. The maximum absolute atomic E-state index is 6.03. The minimum absolute atomic E-state index is 0.146. The molecule has 0 spiro atoms. The number of nitrogens with one attached hydrogen (secondary N) is 1. The van der Waals surface area contributed by atoms with Gasteiger partial charge in [-0.25, -0.2) is 9.97 Å². The number of nitrogens with zero attached hydrogens (tertiary/aromatic N) is 4. The summed E-state index contributed by atoms with van der Waals surface area (Å²) < 4.78 is 4.41. The van der Waals surface area contributed by atoms with Crippen molar-refractivity contribution in [2.24, 2.45) is 0 Å². The second-order valence-corrected chi connectivity index (χ2v) is 7.35. The van der Waals surface area contributed by atoms with Crippen LogP contribution in [0.1, 0.15) is 49.4 Å². The molecule has 0 aliphatic carbocycles. The number of H-pyrrole nitrogens is 1. The number of halogens is 1. The van der Waals surface area contributed by atoms with E-state index in [0.717, 1.165) is 34.2 Å². The first-order valence-corrected chi connectivity index (χ1v) is 8.77. The predicted octanol–water partition coefficient (Wildman–Crippen LogP) is 4.38. The van der Waals surface area contributed by atoms with E-state index in [9.17, 15) is 0 Å². The Bertz CT molecular complexity index is 810. The summed E-state index contributed by atoms with van der Waals surface area (Å²) >= 11 is 7.51. The molecule has 1 N–H and O–H groups in total. The Balaban J connectivity index is 1.75. The molecule has 0 amide bonds. The van der Waals surface area contributed by atoms with Crippen LogP contribution in [0.4, 0.5) is 0 Å². The third kappa shape index (κ3) is 3.54. The normalized spacial score (nSPS) is 13.3. The highest BCUT2D eigenvalue weighted by atomic mass is 35.5. The summed E-state index contributed by atoms with van der Waals surface area (Å²) in [6, 6.07) is 5.84. The zero-order valence-corrected chi connectivity index (χ0v) is 15.2. The predicted molar refractivity (Wildman–Crippen MR) is 95.0 cm³/mol. The quantitative estimate of drug-likeness (QED) is 0.742. The van der Waals surface area contributed by atoms with Gasteiger partial charge in [-0.05, 0) is 43.7 Å². The average Bonchev–Trinajstić information content (AvgIpc) is 3.12. The summed E-state index contributed by atoms with van der Waals surface area (Å²) in [5, 5.41) is 1.74. The lowest BCUT2D eigenvalue weighted by Gasteiger charge is -2.21. The SMILES string of the molecule is CC(C)c1nsc(CN(C)C(C)c2nc3ccc(Cl)cc3[nH]2)n1. The number of aromatic amines is 1. The fourth-order valence-corrected chi connectivity index (χ4v) is 3.34. The third-order valence-electron chi connectivity index (χ3n) is 3.90. The van der Waals surface area contributed by atoms with E-state index in [1.54, 1.807) is 0 Å². The molecule has 1 unspecified atom stereocenters. The van der Waals surface area contributed by atoms with Crippen LogP contribution in [0.3, 0.4) is 0 Å². The van der Waals surface area contributed by atoms with Gasteiger partial charge >= 0.3 is 0 Å². The van der Waals surface area contributed by atoms with Crippen LogP contribution in [0.2, 0.25) is 5.02 Å². The zero-order chi connectivity index (χ0) is 16.6. The van der Waals surface area contributed by atoms with Gasteiger partial charge in [-0.15, -0.1) is 0 Å². The van der Waals surface area contributed by atoms with Crippen molar-refractivity contribution >= 4 is 34.2 Å². The molecule has 0 radical (unpaired) electrons. The first-order valence-electron chi connectivity index (χ1n) is 7.62. The van der Waals surface area contributed by atoms with Gasteiger partial charge in [-0.3, -0.25) is 4.90 Å². The number of hydrogen-bond donors (Lipinski definition) is 1. The minimum Gasteiger partial charge on any atom is -0.341 e. The van der Waals surface area contributed by atoms with E-state index in [0.29, 0.717) is 10.9 Å². The molecule has 5 nitrogen and oxygen atoms in total. The van der Waals surface area contributed by atoms with Crippen LogP contribution in [-0.2, 0) is 6.54 Å². The van der Waals surface area contributed by atoms with Gasteiger partial charge in [0.1, 0.15) is 16.7 Å². The Morgan fingerprint density at radius 2 is 2.04 bits per heavy atom. The largest absolute Gasteiger partial charge is 0.341 e. The smallest absolute Gasteiger partial charge is 0.145 e. The van der Waals surface area contributed by atoms with Crippen molar-refractivity contribution in [2.75, 3.05) is 7.05 Å². The number of rotatable bonds is 5. The van der Waals surface area contributed by atoms with E-state index in [1.807, 2.05) is 18.2 Å². The number of fused-ring (bicyclic) bond motifs is 1. The van der Waals surface area contributed by atoms with Crippen LogP contribution in [-0.4, -0.2) is 31.3 Å². The van der Waals surface area contributed by atoms with Crippen LogP contribution in [0.15, 0.2) is 18.2 Å². The fourth-order valence-electron chi connectivity index (χ4n) is 2.33. The summed E-state index contributed by atoms with van der Waals surface area (Å²) in [6.45, 7) is 7.10. The van der Waals surface area contributed by atoms with Gasteiger partial charge in [0, 0.05) is 10.9 Å². The Hall–Kier alpha value is -1.50. The highest BCUT2D eigenvalue weighted by Gasteiger charge is 2.18. The van der Waals surface area contributed by atoms with E-state index in [2.05, 4.69) is 52.0 Å². The van der Waals surface area contributed by atoms with E-state index in [1.165, 1.54) is 11.5 Å². The van der Waals surface area contributed by atoms with Crippen LogP contribution in [0, 0.1) is 0 Å². The van der Waals surface area contributed by atoms with Crippen LogP contribution < -0.4 is 0 Å². The molecular weight excluding hydrogens is 330 g/mol. The first-order chi connectivity index (χ1) is 10.9. The lowest BCUT2D eigenvalue weighted by molar-refractivity contribution is 0.244. The van der Waals surface area contributed by atoms with Crippen molar-refractivity contribution in [1.29, 1.82) is 0 Å². The van der Waals surface area contributed by atoms with Crippen molar-refractivity contribution in [3.63, 3.8) is 0 Å². The summed E-state index contributed by atoms with van der Waals surface area (Å²) in [7, 11) is 2.07. The van der Waals surface area contributed by atoms with Crippen molar-refractivity contribution in [3.8, 4) is 0 Å². The molecule has 23 heavy (non-hydrogen) atoms. The van der Waals surface area contributed by atoms with E-state index >= 15 is 0 Å². The second-order valence-electron chi connectivity index (χ2n) is 6.08. The minimum atomic E-state index is 0.146. The third-order valence-corrected chi connectivity index (χ3v) is 4.85. The summed E-state index contributed by atoms with van der Waals surface area (Å²) in [6.07, 6.45) is 0. The van der Waals surface area contributed by atoms with Gasteiger partial charge in [-0.1, -0.05) is 25.4 Å². The molecule has 0 fully saturated rings. The Kier molecular flexibility index (Phi) is 4.66. The lowest BCUT2D eigenvalue weighted by atomic mass is 10.2. The molecule has 0 saturated heterocycles. The molecule has 1 aromatic carbocycles. The molecule has 3 aromatic rings. The second kappa shape index (κ2) is 6.55. The highest BCUT2D eigenvalue weighted by molar-refractivity contribution is 7.05. The molecule has 0 aliphatic rings. The van der Waals surface area contributed by atoms with Gasteiger partial charge in [0.25, 0.3) is 0 Å². The van der Waals surface area contributed by atoms with Crippen LogP contribution in [0.5, 0.6) is 0 Å². The zero-order valence-electron chi connectivity index (χ0n) is 13.7. The maximum Gasteiger partial charge on any atom is 0.145 e. The van der Waals surface area contributed by atoms with Crippen LogP contribution in [0.25, 0.3) is 11.0 Å². The topological polar surface area (TPSA) is 57.7 Å². The average molecular weight is 350 g/mol. The number of imidazole rings is 1. The molecule has 2 heterocycles. The van der Waals surface area contributed by atoms with Gasteiger partial charge < -0.3 is 4.98 Å². The van der Waals surface area contributed by atoms with Gasteiger partial charge in [0.2, 0.25) is 0 Å². The number of hydrogen-bond acceptors (Lipinski definition) is 5. The molecule has 1 atom stereocenters. The van der Waals surface area contributed by atoms with E-state index in [4.69, 9.17) is 11.6 Å². The maximum atomic E-state index is 6.03. The van der Waals surface area contributed by atoms with Crippen LogP contribution >= 0.6 is 23.1 Å². The monoisotopic (exact) mass is 349 g/mol. The summed E-state index contributed by atoms with van der Waals surface area (Å²) in [5.41, 5.74) is 1.90. The van der Waals surface area contributed by atoms with Crippen molar-refractivity contribution < 1.29 is 0 Å². The van der Waals surface area contributed by atoms with Crippen molar-refractivity contribution in [1.82, 2.24) is 24.2 Å². The Labute approximate surface area is 144 Å². The van der Waals surface area contributed by atoms with Gasteiger partial charge in [-0.2, -0.15) is 4.37 Å². The summed E-state index contributed by atoms with van der Waals surface area (Å²) in [5.74, 6) is 2.21. The molecule has 122 valence electrons. The Morgan fingerprint density at radius 1 is 1.26 bits per heavy atom. The number of aromatic nitrogens is 4. The molecular formula is C16H20ClN5S. The molecule has 3 rings (SSSR count). The van der Waals surface area contributed by atoms with E-state index in [-0.39, 0.29) is 6.04 Å². The van der Waals surface area contributed by atoms with E-state index < -0.39 is 0 Å². The van der Waals surface area contributed by atoms with Gasteiger partial charge in [0.15, 0.2) is 0 Å². The summed E-state index contributed by atoms with van der Waals surface area (Å²) in [4.78, 5) is 14.8. The van der Waals surface area contributed by atoms with Gasteiger partial charge in [0.05, 0.1) is 23.6 Å². The fraction of sp³-hybridized carbons (Fsp3) is 0.438. The molecule has 0 aliphatic heterocycles. The number of benzene rings is 1. The van der Waals surface area contributed by atoms with Crippen molar-refractivity contribution in [2.45, 2.75) is 39.3 Å².